The largest absolute Gasteiger partial charge is 0.352 e. The molecule has 1 unspecified atom stereocenters. The van der Waals surface area contributed by atoms with Gasteiger partial charge < -0.3 is 10.2 Å². The Labute approximate surface area is 228 Å². The molecule has 1 atom stereocenters. The fourth-order valence-electron chi connectivity index (χ4n) is 4.54. The molecule has 3 rings (SSSR count). The van der Waals surface area contributed by atoms with Crippen molar-refractivity contribution in [2.75, 3.05) is 17.1 Å². The monoisotopic (exact) mass is 571 g/mol. The zero-order chi connectivity index (χ0) is 27.2. The summed E-state index contributed by atoms with van der Waals surface area (Å²) in [7, 11) is -3.94. The second-order valence-electron chi connectivity index (χ2n) is 9.29. The van der Waals surface area contributed by atoms with Crippen LogP contribution in [0.5, 0.6) is 0 Å². The van der Waals surface area contributed by atoms with Gasteiger partial charge in [0.15, 0.2) is 0 Å². The molecule has 7 nitrogen and oxygen atoms in total. The van der Waals surface area contributed by atoms with E-state index in [0.29, 0.717) is 22.0 Å². The summed E-state index contributed by atoms with van der Waals surface area (Å²) in [6.45, 7) is 1.20. The Morgan fingerprint density at radius 1 is 1.08 bits per heavy atom. The zero-order valence-electron chi connectivity index (χ0n) is 20.9. The van der Waals surface area contributed by atoms with Crippen LogP contribution in [-0.2, 0) is 26.2 Å². The van der Waals surface area contributed by atoms with Crippen molar-refractivity contribution >= 4 is 50.7 Å². The Hall–Kier alpha value is -2.36. The summed E-state index contributed by atoms with van der Waals surface area (Å²) in [5, 5.41) is 3.71. The van der Waals surface area contributed by atoms with Gasteiger partial charge in [0.05, 0.1) is 22.0 Å². The van der Waals surface area contributed by atoms with Crippen molar-refractivity contribution in [3.63, 3.8) is 0 Å². The molecule has 0 heterocycles. The normalized spacial score (nSPS) is 15.2. The van der Waals surface area contributed by atoms with E-state index in [9.17, 15) is 22.4 Å². The fourth-order valence-corrected chi connectivity index (χ4v) is 5.71. The average molecular weight is 573 g/mol. The second kappa shape index (κ2) is 12.9. The van der Waals surface area contributed by atoms with E-state index in [4.69, 9.17) is 23.2 Å². The summed E-state index contributed by atoms with van der Waals surface area (Å²) in [4.78, 5) is 28.4. The molecule has 0 saturated heterocycles. The predicted molar refractivity (Wildman–Crippen MR) is 145 cm³/mol. The first kappa shape index (κ1) is 29.2. The van der Waals surface area contributed by atoms with Crippen LogP contribution in [0.2, 0.25) is 10.0 Å². The van der Waals surface area contributed by atoms with Crippen LogP contribution >= 0.6 is 23.2 Å². The molecule has 0 bridgehead atoms. The number of nitrogens with one attached hydrogen (secondary N) is 1. The Morgan fingerprint density at radius 2 is 1.78 bits per heavy atom. The van der Waals surface area contributed by atoms with Gasteiger partial charge in [-0.15, -0.1) is 0 Å². The minimum absolute atomic E-state index is 0.00701. The fraction of sp³-hybridized carbons (Fsp3) is 0.462. The molecule has 0 aromatic heterocycles. The standard InChI is InChI=1S/C26H32Cl2FN3O4S/c1-3-24(26(34)30-20-9-5-4-6-10-20)31(16-18-12-13-22(27)23(28)14-18)25(33)17-32(37(2,35)36)21-11-7-8-19(29)15-21/h7-8,11-15,20,24H,3-6,9-10,16-17H2,1-2H3,(H,30,34). The Balaban J connectivity index is 1.93. The molecule has 0 spiro atoms. The molecule has 1 saturated carbocycles. The molecule has 1 aliphatic rings. The molecular weight excluding hydrogens is 540 g/mol. The molecular formula is C26H32Cl2FN3O4S. The van der Waals surface area contributed by atoms with Crippen molar-refractivity contribution in [2.24, 2.45) is 0 Å². The summed E-state index contributed by atoms with van der Waals surface area (Å²) in [6.07, 6.45) is 6.21. The Kier molecular flexibility index (Phi) is 10.2. The zero-order valence-corrected chi connectivity index (χ0v) is 23.3. The van der Waals surface area contributed by atoms with Crippen molar-refractivity contribution in [1.29, 1.82) is 0 Å². The van der Waals surface area contributed by atoms with Gasteiger partial charge in [-0.05, 0) is 55.2 Å². The van der Waals surface area contributed by atoms with Crippen molar-refractivity contribution in [3.8, 4) is 0 Å². The third-order valence-electron chi connectivity index (χ3n) is 6.45. The van der Waals surface area contributed by atoms with Gasteiger partial charge in [0.25, 0.3) is 0 Å². The van der Waals surface area contributed by atoms with Gasteiger partial charge in [0.1, 0.15) is 18.4 Å². The number of nitrogens with zero attached hydrogens (tertiary/aromatic N) is 2. The van der Waals surface area contributed by atoms with Crippen molar-refractivity contribution in [3.05, 3.63) is 63.9 Å². The van der Waals surface area contributed by atoms with Gasteiger partial charge in [0, 0.05) is 12.6 Å². The van der Waals surface area contributed by atoms with Crippen LogP contribution < -0.4 is 9.62 Å². The van der Waals surface area contributed by atoms with Crippen LogP contribution in [0, 0.1) is 5.82 Å². The molecule has 37 heavy (non-hydrogen) atoms. The molecule has 1 aliphatic carbocycles. The molecule has 11 heteroatoms. The highest BCUT2D eigenvalue weighted by molar-refractivity contribution is 7.92. The van der Waals surface area contributed by atoms with E-state index in [1.807, 2.05) is 0 Å². The van der Waals surface area contributed by atoms with Gasteiger partial charge in [-0.25, -0.2) is 12.8 Å². The lowest BCUT2D eigenvalue weighted by Crippen LogP contribution is -2.53. The predicted octanol–water partition coefficient (Wildman–Crippen LogP) is 5.15. The number of rotatable bonds is 10. The maximum absolute atomic E-state index is 13.9. The summed E-state index contributed by atoms with van der Waals surface area (Å²) >= 11 is 12.2. The van der Waals surface area contributed by atoms with Gasteiger partial charge in [0.2, 0.25) is 21.8 Å². The minimum atomic E-state index is -3.94. The molecule has 2 aromatic rings. The smallest absolute Gasteiger partial charge is 0.244 e. The lowest BCUT2D eigenvalue weighted by atomic mass is 9.95. The number of carbonyl (C=O) groups is 2. The van der Waals surface area contributed by atoms with Gasteiger partial charge in [-0.2, -0.15) is 0 Å². The van der Waals surface area contributed by atoms with Crippen molar-refractivity contribution in [2.45, 2.75) is 64.1 Å². The third kappa shape index (κ3) is 8.06. The number of sulfonamides is 1. The molecule has 202 valence electrons. The first-order valence-electron chi connectivity index (χ1n) is 12.3. The minimum Gasteiger partial charge on any atom is -0.352 e. The summed E-state index contributed by atoms with van der Waals surface area (Å²) < 4.78 is 39.9. The van der Waals surface area contributed by atoms with E-state index >= 15 is 0 Å². The van der Waals surface area contributed by atoms with E-state index in [1.165, 1.54) is 23.1 Å². The molecule has 2 amide bonds. The SMILES string of the molecule is CCC(C(=O)NC1CCCCC1)N(Cc1ccc(Cl)c(Cl)c1)C(=O)CN(c1cccc(F)c1)S(C)(=O)=O. The second-order valence-corrected chi connectivity index (χ2v) is 12.0. The highest BCUT2D eigenvalue weighted by Crippen LogP contribution is 2.25. The van der Waals surface area contributed by atoms with E-state index < -0.39 is 34.3 Å². The summed E-state index contributed by atoms with van der Waals surface area (Å²) in [6, 6.07) is 9.10. The van der Waals surface area contributed by atoms with Gasteiger partial charge in [-0.1, -0.05) is 61.5 Å². The number of carbonyl (C=O) groups excluding carboxylic acids is 2. The number of halogens is 3. The molecule has 0 aliphatic heterocycles. The molecule has 1 N–H and O–H groups in total. The maximum Gasteiger partial charge on any atom is 0.244 e. The summed E-state index contributed by atoms with van der Waals surface area (Å²) in [5.74, 6) is -1.53. The molecule has 1 fully saturated rings. The van der Waals surface area contributed by atoms with Gasteiger partial charge >= 0.3 is 0 Å². The maximum atomic E-state index is 13.9. The number of hydrogen-bond donors (Lipinski definition) is 1. The van der Waals surface area contributed by atoms with Crippen LogP contribution in [0.4, 0.5) is 10.1 Å². The Bertz CT molecular complexity index is 1220. The van der Waals surface area contributed by atoms with E-state index in [0.717, 1.165) is 48.7 Å². The van der Waals surface area contributed by atoms with Crippen molar-refractivity contribution in [1.82, 2.24) is 10.2 Å². The topological polar surface area (TPSA) is 86.8 Å². The van der Waals surface area contributed by atoms with Crippen molar-refractivity contribution < 1.29 is 22.4 Å². The summed E-state index contributed by atoms with van der Waals surface area (Å²) in [5.41, 5.74) is 0.647. The van der Waals surface area contributed by atoms with E-state index in [2.05, 4.69) is 5.32 Å². The van der Waals surface area contributed by atoms with E-state index in [1.54, 1.807) is 25.1 Å². The van der Waals surface area contributed by atoms with Crippen LogP contribution in [0.1, 0.15) is 51.0 Å². The van der Waals surface area contributed by atoms with Crippen LogP contribution in [-0.4, -0.2) is 50.0 Å². The van der Waals surface area contributed by atoms with Crippen LogP contribution in [0.15, 0.2) is 42.5 Å². The highest BCUT2D eigenvalue weighted by atomic mass is 35.5. The lowest BCUT2D eigenvalue weighted by Gasteiger charge is -2.34. The number of anilines is 1. The third-order valence-corrected chi connectivity index (χ3v) is 8.33. The first-order valence-corrected chi connectivity index (χ1v) is 14.9. The lowest BCUT2D eigenvalue weighted by molar-refractivity contribution is -0.140. The van der Waals surface area contributed by atoms with Crippen LogP contribution in [0.25, 0.3) is 0 Å². The average Bonchev–Trinajstić information content (AvgIpc) is 2.84. The molecule has 0 radical (unpaired) electrons. The molecule has 2 aromatic carbocycles. The van der Waals surface area contributed by atoms with Crippen LogP contribution in [0.3, 0.4) is 0 Å². The number of amides is 2. The number of hydrogen-bond acceptors (Lipinski definition) is 4. The van der Waals surface area contributed by atoms with Gasteiger partial charge in [-0.3, -0.25) is 13.9 Å². The quantitative estimate of drug-likeness (QED) is 0.427. The van der Waals surface area contributed by atoms with E-state index in [-0.39, 0.29) is 24.2 Å². The Morgan fingerprint density at radius 3 is 2.38 bits per heavy atom. The highest BCUT2D eigenvalue weighted by Gasteiger charge is 2.33. The first-order chi connectivity index (χ1) is 17.5. The number of benzene rings is 2.